The van der Waals surface area contributed by atoms with Crippen molar-refractivity contribution < 1.29 is 9.53 Å². The highest BCUT2D eigenvalue weighted by Crippen LogP contribution is 2.40. The van der Waals surface area contributed by atoms with Gasteiger partial charge in [0.15, 0.2) is 0 Å². The number of nitrogens with one attached hydrogen (secondary N) is 1. The first kappa shape index (κ1) is 20.3. The summed E-state index contributed by atoms with van der Waals surface area (Å²) in [5, 5.41) is 5.14. The monoisotopic (exact) mass is 414 g/mol. The van der Waals surface area contributed by atoms with E-state index in [0.717, 1.165) is 53.6 Å². The SMILES string of the molecule is Cc1cc(C(=O)NC2CC(C)(C)Cc3nc(N4CC(C)OC(C)C4)ncc32)cs1. The van der Waals surface area contributed by atoms with Crippen molar-refractivity contribution in [2.24, 2.45) is 5.41 Å². The number of hydrogen-bond donors (Lipinski definition) is 1. The van der Waals surface area contributed by atoms with Gasteiger partial charge in [-0.2, -0.15) is 0 Å². The number of aromatic nitrogens is 2. The van der Waals surface area contributed by atoms with Gasteiger partial charge in [0.05, 0.1) is 29.5 Å². The molecule has 0 aromatic carbocycles. The Bertz CT molecular complexity index is 900. The molecule has 1 fully saturated rings. The number of hydrogen-bond acceptors (Lipinski definition) is 6. The molecule has 29 heavy (non-hydrogen) atoms. The van der Waals surface area contributed by atoms with Crippen molar-refractivity contribution in [3.63, 3.8) is 0 Å². The molecular weight excluding hydrogens is 384 g/mol. The second-order valence-electron chi connectivity index (χ2n) is 9.25. The van der Waals surface area contributed by atoms with E-state index < -0.39 is 0 Å². The topological polar surface area (TPSA) is 67.4 Å². The van der Waals surface area contributed by atoms with Crippen LogP contribution in [-0.2, 0) is 11.2 Å². The van der Waals surface area contributed by atoms with E-state index in [-0.39, 0.29) is 29.6 Å². The fourth-order valence-corrected chi connectivity index (χ4v) is 5.15. The lowest BCUT2D eigenvalue weighted by Crippen LogP contribution is -2.46. The van der Waals surface area contributed by atoms with Gasteiger partial charge in [-0.1, -0.05) is 13.8 Å². The lowest BCUT2D eigenvalue weighted by atomic mass is 9.74. The Morgan fingerprint density at radius 1 is 1.31 bits per heavy atom. The standard InChI is InChI=1S/C22H30N4O2S/c1-13-10-26(11-14(2)28-13)21-23-9-17-18(7-22(4,5)8-19(17)25-21)24-20(27)16-6-15(3)29-12-16/h6,9,12-14,18H,7-8,10-11H2,1-5H3,(H,24,27). The number of rotatable bonds is 3. The van der Waals surface area contributed by atoms with Gasteiger partial charge in [0.1, 0.15) is 0 Å². The van der Waals surface area contributed by atoms with Crippen molar-refractivity contribution >= 4 is 23.2 Å². The van der Waals surface area contributed by atoms with E-state index in [1.54, 1.807) is 11.3 Å². The maximum Gasteiger partial charge on any atom is 0.252 e. The summed E-state index contributed by atoms with van der Waals surface area (Å²) in [6.07, 6.45) is 4.01. The van der Waals surface area contributed by atoms with Gasteiger partial charge in [-0.15, -0.1) is 11.3 Å². The Hall–Kier alpha value is -1.99. The van der Waals surface area contributed by atoms with Gasteiger partial charge < -0.3 is 15.0 Å². The van der Waals surface area contributed by atoms with Gasteiger partial charge in [0.2, 0.25) is 5.95 Å². The van der Waals surface area contributed by atoms with E-state index in [1.165, 1.54) is 0 Å². The Morgan fingerprint density at radius 2 is 2.03 bits per heavy atom. The number of aryl methyl sites for hydroxylation is 1. The Labute approximate surface area is 176 Å². The molecule has 2 aliphatic rings. The highest BCUT2D eigenvalue weighted by Gasteiger charge is 2.35. The molecule has 3 atom stereocenters. The van der Waals surface area contributed by atoms with E-state index in [4.69, 9.17) is 9.72 Å². The van der Waals surface area contributed by atoms with Crippen molar-refractivity contribution in [2.75, 3.05) is 18.0 Å². The lowest BCUT2D eigenvalue weighted by molar-refractivity contribution is -0.00575. The second kappa shape index (κ2) is 7.69. The summed E-state index contributed by atoms with van der Waals surface area (Å²) in [5.74, 6) is 0.741. The second-order valence-corrected chi connectivity index (χ2v) is 10.4. The predicted molar refractivity (Wildman–Crippen MR) is 116 cm³/mol. The predicted octanol–water partition coefficient (Wildman–Crippen LogP) is 3.90. The number of amides is 1. The van der Waals surface area contributed by atoms with E-state index in [9.17, 15) is 4.79 Å². The minimum atomic E-state index is -0.0713. The molecular formula is C22H30N4O2S. The highest BCUT2D eigenvalue weighted by molar-refractivity contribution is 7.10. The summed E-state index contributed by atoms with van der Waals surface area (Å²) in [5.41, 5.74) is 2.88. The Morgan fingerprint density at radius 3 is 2.69 bits per heavy atom. The third kappa shape index (κ3) is 4.46. The van der Waals surface area contributed by atoms with Crippen LogP contribution in [0.5, 0.6) is 0 Å². The summed E-state index contributed by atoms with van der Waals surface area (Å²) in [4.78, 5) is 25.7. The molecule has 0 spiro atoms. The summed E-state index contributed by atoms with van der Waals surface area (Å²) in [6.45, 7) is 12.3. The van der Waals surface area contributed by atoms with Gasteiger partial charge in [-0.05, 0) is 45.1 Å². The molecule has 0 bridgehead atoms. The van der Waals surface area contributed by atoms with Crippen LogP contribution in [0.2, 0.25) is 0 Å². The summed E-state index contributed by atoms with van der Waals surface area (Å²) in [6, 6.07) is 1.87. The molecule has 1 N–H and O–H groups in total. The van der Waals surface area contributed by atoms with E-state index >= 15 is 0 Å². The zero-order valence-corrected chi connectivity index (χ0v) is 18.7. The molecule has 2 aromatic rings. The van der Waals surface area contributed by atoms with Gasteiger partial charge in [0.25, 0.3) is 5.91 Å². The smallest absolute Gasteiger partial charge is 0.252 e. The molecule has 0 saturated carbocycles. The molecule has 1 amide bonds. The van der Waals surface area contributed by atoms with Gasteiger partial charge >= 0.3 is 0 Å². The van der Waals surface area contributed by atoms with Gasteiger partial charge in [-0.25, -0.2) is 9.97 Å². The van der Waals surface area contributed by atoms with Crippen molar-refractivity contribution in [3.05, 3.63) is 39.3 Å². The molecule has 3 unspecified atom stereocenters. The Balaban J connectivity index is 1.60. The molecule has 6 nitrogen and oxygen atoms in total. The molecule has 1 aliphatic carbocycles. The quantitative estimate of drug-likeness (QED) is 0.825. The van der Waals surface area contributed by atoms with Crippen molar-refractivity contribution in [2.45, 2.75) is 65.7 Å². The molecule has 156 valence electrons. The van der Waals surface area contributed by atoms with Crippen LogP contribution in [0, 0.1) is 12.3 Å². The number of carbonyl (C=O) groups is 1. The summed E-state index contributed by atoms with van der Waals surface area (Å²) < 4.78 is 5.84. The number of fused-ring (bicyclic) bond motifs is 1. The van der Waals surface area contributed by atoms with Crippen LogP contribution in [0.1, 0.15) is 66.7 Å². The number of thiophene rings is 1. The first-order valence-electron chi connectivity index (χ1n) is 10.3. The zero-order chi connectivity index (χ0) is 20.8. The Kier molecular flexibility index (Phi) is 5.38. The van der Waals surface area contributed by atoms with Crippen LogP contribution in [-0.4, -0.2) is 41.2 Å². The first-order valence-corrected chi connectivity index (χ1v) is 11.2. The van der Waals surface area contributed by atoms with Crippen LogP contribution in [0.3, 0.4) is 0 Å². The third-order valence-corrected chi connectivity index (χ3v) is 6.53. The number of ether oxygens (including phenoxy) is 1. The lowest BCUT2D eigenvalue weighted by Gasteiger charge is -2.38. The molecule has 4 rings (SSSR count). The molecule has 3 heterocycles. The van der Waals surface area contributed by atoms with E-state index in [1.807, 2.05) is 24.6 Å². The third-order valence-electron chi connectivity index (χ3n) is 5.67. The maximum atomic E-state index is 12.8. The average molecular weight is 415 g/mol. The molecule has 1 saturated heterocycles. The molecule has 1 aliphatic heterocycles. The summed E-state index contributed by atoms with van der Waals surface area (Å²) >= 11 is 1.60. The first-order chi connectivity index (χ1) is 13.7. The maximum absolute atomic E-state index is 12.8. The van der Waals surface area contributed by atoms with Gasteiger partial charge in [-0.3, -0.25) is 4.79 Å². The van der Waals surface area contributed by atoms with Crippen LogP contribution in [0.25, 0.3) is 0 Å². The molecule has 0 radical (unpaired) electrons. The fraction of sp³-hybridized carbons (Fsp3) is 0.591. The largest absolute Gasteiger partial charge is 0.372 e. The van der Waals surface area contributed by atoms with Crippen LogP contribution >= 0.6 is 11.3 Å². The van der Waals surface area contributed by atoms with Crippen LogP contribution in [0.4, 0.5) is 5.95 Å². The summed E-state index contributed by atoms with van der Waals surface area (Å²) in [7, 11) is 0. The normalized spacial score (nSPS) is 26.1. The zero-order valence-electron chi connectivity index (χ0n) is 17.9. The van der Waals surface area contributed by atoms with Crippen molar-refractivity contribution in [1.29, 1.82) is 0 Å². The minimum absolute atomic E-state index is 0.0251. The molecule has 7 heteroatoms. The highest BCUT2D eigenvalue weighted by atomic mass is 32.1. The number of anilines is 1. The van der Waals surface area contributed by atoms with Crippen molar-refractivity contribution in [3.8, 4) is 0 Å². The van der Waals surface area contributed by atoms with Crippen LogP contribution in [0.15, 0.2) is 17.6 Å². The van der Waals surface area contributed by atoms with Crippen LogP contribution < -0.4 is 10.2 Å². The van der Waals surface area contributed by atoms with Gasteiger partial charge in [0, 0.05) is 35.1 Å². The molecule has 2 aromatic heterocycles. The fourth-order valence-electron chi connectivity index (χ4n) is 4.46. The minimum Gasteiger partial charge on any atom is -0.372 e. The number of carbonyl (C=O) groups excluding carboxylic acids is 1. The number of morpholine rings is 1. The van der Waals surface area contributed by atoms with E-state index in [2.05, 4.69) is 42.9 Å². The number of nitrogens with zero attached hydrogens (tertiary/aromatic N) is 3. The average Bonchev–Trinajstić information content (AvgIpc) is 3.06. The van der Waals surface area contributed by atoms with E-state index in [0.29, 0.717) is 0 Å². The van der Waals surface area contributed by atoms with Crippen molar-refractivity contribution in [1.82, 2.24) is 15.3 Å².